The molecule has 0 saturated carbocycles. The molecule has 1 unspecified atom stereocenters. The van der Waals surface area contributed by atoms with E-state index in [2.05, 4.69) is 13.0 Å². The Balaban J connectivity index is 0.000000243. The summed E-state index contributed by atoms with van der Waals surface area (Å²) in [6.07, 6.45) is -4.98. The van der Waals surface area contributed by atoms with Crippen molar-refractivity contribution in [2.75, 3.05) is 11.9 Å². The number of aromatic nitrogens is 1. The Morgan fingerprint density at radius 3 is 2.19 bits per heavy atom. The summed E-state index contributed by atoms with van der Waals surface area (Å²) in [6, 6.07) is 13.2. The number of carboxylic acids is 1. The summed E-state index contributed by atoms with van der Waals surface area (Å²) in [5, 5.41) is 13.1. The van der Waals surface area contributed by atoms with Gasteiger partial charge in [-0.25, -0.2) is 8.78 Å². The van der Waals surface area contributed by atoms with Crippen molar-refractivity contribution in [2.24, 2.45) is 7.05 Å². The smallest absolute Gasteiger partial charge is 0.408 e. The molecular weight excluding hydrogens is 625 g/mol. The van der Waals surface area contributed by atoms with Crippen molar-refractivity contribution in [3.05, 3.63) is 98.8 Å². The predicted octanol–water partition coefficient (Wildman–Crippen LogP) is 7.10. The van der Waals surface area contributed by atoms with Crippen LogP contribution in [0.4, 0.5) is 27.6 Å². The minimum Gasteiger partial charge on any atom is -0.480 e. The molecule has 0 aliphatic carbocycles. The van der Waals surface area contributed by atoms with Crippen LogP contribution in [-0.4, -0.2) is 40.3 Å². The molecule has 5 rings (SSSR count). The van der Waals surface area contributed by atoms with E-state index >= 15 is 0 Å². The monoisotopic (exact) mass is 661 g/mol. The first kappa shape index (κ1) is 36.7. The van der Waals surface area contributed by atoms with E-state index in [1.54, 1.807) is 9.88 Å². The van der Waals surface area contributed by atoms with Crippen LogP contribution < -0.4 is 16.2 Å². The van der Waals surface area contributed by atoms with E-state index in [0.29, 0.717) is 25.3 Å². The van der Waals surface area contributed by atoms with Crippen molar-refractivity contribution in [1.82, 2.24) is 9.88 Å². The van der Waals surface area contributed by atoms with Crippen LogP contribution in [0.2, 0.25) is 0 Å². The van der Waals surface area contributed by atoms with E-state index in [0.717, 1.165) is 27.6 Å². The lowest BCUT2D eigenvalue weighted by Gasteiger charge is -2.21. The van der Waals surface area contributed by atoms with Gasteiger partial charge < -0.3 is 25.0 Å². The van der Waals surface area contributed by atoms with Crippen molar-refractivity contribution < 1.29 is 41.4 Å². The van der Waals surface area contributed by atoms with Crippen molar-refractivity contribution in [2.45, 2.75) is 59.5 Å². The molecule has 3 N–H and O–H groups in total. The summed E-state index contributed by atoms with van der Waals surface area (Å²) in [5.74, 6) is -5.56. The van der Waals surface area contributed by atoms with Crippen molar-refractivity contribution in [3.8, 4) is 11.1 Å². The Kier molecular flexibility index (Phi) is 12.2. The van der Waals surface area contributed by atoms with Crippen LogP contribution in [-0.2, 0) is 29.8 Å². The molecule has 8 nitrogen and oxygen atoms in total. The van der Waals surface area contributed by atoms with E-state index in [4.69, 9.17) is 9.84 Å². The van der Waals surface area contributed by atoms with Crippen molar-refractivity contribution in [3.63, 3.8) is 0 Å². The fraction of sp³-hybridized carbons (Fsp3) is 0.324. The van der Waals surface area contributed by atoms with E-state index in [1.165, 1.54) is 18.1 Å². The lowest BCUT2D eigenvalue weighted by Crippen LogP contribution is -2.35. The number of carboxylic acid groups (broad SMARTS) is 1. The fourth-order valence-corrected chi connectivity index (χ4v) is 5.03. The molecule has 0 saturated heterocycles. The molecule has 3 aromatic carbocycles. The predicted molar refractivity (Wildman–Crippen MR) is 169 cm³/mol. The van der Waals surface area contributed by atoms with Crippen LogP contribution in [0.3, 0.4) is 0 Å². The topological polar surface area (TPSA) is 110 Å². The van der Waals surface area contributed by atoms with Crippen LogP contribution in [0.15, 0.2) is 59.4 Å². The Morgan fingerprint density at radius 1 is 0.979 bits per heavy atom. The molecule has 252 valence electrons. The van der Waals surface area contributed by atoms with Crippen LogP contribution in [0.25, 0.3) is 22.0 Å². The molecule has 0 bridgehead atoms. The zero-order chi connectivity index (χ0) is 35.1. The van der Waals surface area contributed by atoms with Gasteiger partial charge in [-0.3, -0.25) is 14.4 Å². The van der Waals surface area contributed by atoms with Crippen LogP contribution in [0.1, 0.15) is 54.2 Å². The number of aliphatic carboxylic acids is 1. The number of hydrogen-bond donors (Lipinski definition) is 3. The Bertz CT molecular complexity index is 1800. The third-order valence-electron chi connectivity index (χ3n) is 7.39. The molecule has 2 heterocycles. The largest absolute Gasteiger partial charge is 0.480 e. The number of hydrogen-bond acceptors (Lipinski definition) is 5. The summed E-state index contributed by atoms with van der Waals surface area (Å²) < 4.78 is 72.7. The maximum Gasteiger partial charge on any atom is 0.408 e. The number of para-hydroxylation sites is 1. The zero-order valence-corrected chi connectivity index (χ0v) is 26.5. The van der Waals surface area contributed by atoms with Gasteiger partial charge in [0, 0.05) is 18.3 Å². The van der Waals surface area contributed by atoms with Gasteiger partial charge in [-0.15, -0.1) is 0 Å². The average Bonchev–Trinajstić information content (AvgIpc) is 3.53. The molecule has 1 aromatic heterocycles. The van der Waals surface area contributed by atoms with E-state index < -0.39 is 53.5 Å². The first-order valence-electron chi connectivity index (χ1n) is 14.8. The number of anilines is 1. The zero-order valence-electron chi connectivity index (χ0n) is 26.5. The van der Waals surface area contributed by atoms with E-state index in [1.807, 2.05) is 62.6 Å². The number of halogens is 5. The summed E-state index contributed by atoms with van der Waals surface area (Å²) in [6.45, 7) is 7.70. The Labute approximate surface area is 268 Å². The van der Waals surface area contributed by atoms with Gasteiger partial charge in [-0.1, -0.05) is 51.1 Å². The number of aryl methyl sites for hydroxylation is 2. The Hall–Kier alpha value is -4.78. The summed E-state index contributed by atoms with van der Waals surface area (Å²) >= 11 is 0. The minimum absolute atomic E-state index is 0.0386. The first-order valence-corrected chi connectivity index (χ1v) is 14.8. The maximum atomic E-state index is 13.8. The van der Waals surface area contributed by atoms with Gasteiger partial charge in [-0.05, 0) is 65.3 Å². The highest BCUT2D eigenvalue weighted by molar-refractivity contribution is 5.96. The number of rotatable bonds is 7. The number of pyridine rings is 1. The van der Waals surface area contributed by atoms with Crippen LogP contribution in [0.5, 0.6) is 0 Å². The number of fused-ring (bicyclic) bond motifs is 2. The lowest BCUT2D eigenvalue weighted by molar-refractivity contribution is -0.143. The highest BCUT2D eigenvalue weighted by atomic mass is 19.4. The van der Waals surface area contributed by atoms with Crippen molar-refractivity contribution >= 4 is 28.5 Å². The third-order valence-corrected chi connectivity index (χ3v) is 7.39. The number of carbonyl (C=O) groups excluding carboxylic acids is 1. The average molecular weight is 662 g/mol. The van der Waals surface area contributed by atoms with Gasteiger partial charge in [-0.2, -0.15) is 13.2 Å². The second-order valence-electron chi connectivity index (χ2n) is 10.4. The number of benzene rings is 3. The molecule has 1 atom stereocenters. The molecular formula is C34H36F5N3O5. The number of alkyl halides is 3. The summed E-state index contributed by atoms with van der Waals surface area (Å²) in [4.78, 5) is 34.6. The standard InChI is InChI=1S/C19H17NO2.C13H13F5N2O3.C2H6/c1-12-7-8-14(17-11-22-10-16(12)17)15-9-13-5-3-4-6-18(13)20(2)19(15)21;1-2-9(13(16,17)18)20-6-3-7(14)11(8(15)4-6)12(23)19-5-10(21)22;1-2/h3-9H,10-11H2,1-2H3;3-4,9,20H,2,5H2,1H3,(H,19,23)(H,21,22);1-2H3. The molecule has 1 aliphatic rings. The highest BCUT2D eigenvalue weighted by Gasteiger charge is 2.38. The third kappa shape index (κ3) is 8.53. The summed E-state index contributed by atoms with van der Waals surface area (Å²) in [7, 11) is 1.83. The minimum atomic E-state index is -4.61. The van der Waals surface area contributed by atoms with E-state index in [9.17, 15) is 36.3 Å². The van der Waals surface area contributed by atoms with Crippen molar-refractivity contribution in [1.29, 1.82) is 0 Å². The van der Waals surface area contributed by atoms with Gasteiger partial charge >= 0.3 is 12.1 Å². The Morgan fingerprint density at radius 2 is 1.60 bits per heavy atom. The molecule has 47 heavy (non-hydrogen) atoms. The molecule has 1 amide bonds. The van der Waals surface area contributed by atoms with Gasteiger partial charge in [0.15, 0.2) is 0 Å². The number of amides is 1. The highest BCUT2D eigenvalue weighted by Crippen LogP contribution is 2.33. The van der Waals surface area contributed by atoms with Gasteiger partial charge in [0.1, 0.15) is 29.8 Å². The fourth-order valence-electron chi connectivity index (χ4n) is 5.03. The van der Waals surface area contributed by atoms with Gasteiger partial charge in [0.05, 0.1) is 18.7 Å². The summed E-state index contributed by atoms with van der Waals surface area (Å²) in [5.41, 5.74) is 4.81. The maximum absolute atomic E-state index is 13.8. The van der Waals surface area contributed by atoms with Crippen LogP contribution in [0, 0.1) is 18.6 Å². The number of carbonyl (C=O) groups is 2. The SMILES string of the molecule is CC.CCC(Nc1cc(F)c(C(=O)NCC(=O)O)c(F)c1)C(F)(F)F.Cc1ccc(-c2cc3ccccc3n(C)c2=O)c2c1COC2. The quantitative estimate of drug-likeness (QED) is 0.182. The van der Waals surface area contributed by atoms with Gasteiger partial charge in [0.25, 0.3) is 11.5 Å². The first-order chi connectivity index (χ1) is 22.2. The van der Waals surface area contributed by atoms with Gasteiger partial charge in [0.2, 0.25) is 0 Å². The normalized spacial score (nSPS) is 12.6. The molecule has 4 aromatic rings. The second-order valence-corrected chi connectivity index (χ2v) is 10.4. The van der Waals surface area contributed by atoms with E-state index in [-0.39, 0.29) is 12.0 Å². The molecule has 13 heteroatoms. The van der Waals surface area contributed by atoms with Crippen LogP contribution >= 0.6 is 0 Å². The second kappa shape index (κ2) is 15.7. The molecule has 0 fully saturated rings. The molecule has 1 aliphatic heterocycles. The number of nitrogens with zero attached hydrogens (tertiary/aromatic N) is 1. The molecule has 0 radical (unpaired) electrons. The number of nitrogens with one attached hydrogen (secondary N) is 2. The number of ether oxygens (including phenoxy) is 1. The molecule has 0 spiro atoms. The lowest BCUT2D eigenvalue weighted by atomic mass is 9.94.